The Morgan fingerprint density at radius 2 is 1.97 bits per heavy atom. The third-order valence-corrected chi connectivity index (χ3v) is 7.01. The number of nitrogens with two attached hydrogens (primary N) is 1. The van der Waals surface area contributed by atoms with Crippen LogP contribution in [0.15, 0.2) is 48.5 Å². The molecule has 8 nitrogen and oxygen atoms in total. The molecule has 0 aliphatic carbocycles. The minimum absolute atomic E-state index is 0.202. The number of nitrogens with one attached hydrogen (secondary N) is 3. The van der Waals surface area contributed by atoms with Crippen LogP contribution in [0.25, 0.3) is 0 Å². The van der Waals surface area contributed by atoms with Gasteiger partial charge < -0.3 is 21.3 Å². The van der Waals surface area contributed by atoms with Crippen molar-refractivity contribution < 1.29 is 9.59 Å². The lowest BCUT2D eigenvalue weighted by atomic mass is 9.99. The first kappa shape index (κ1) is 24.7. The van der Waals surface area contributed by atoms with Gasteiger partial charge >= 0.3 is 6.03 Å². The minimum atomic E-state index is -0.302. The molecule has 4 rings (SSSR count). The lowest BCUT2D eigenvalue weighted by molar-refractivity contribution is 0.102. The van der Waals surface area contributed by atoms with Crippen LogP contribution in [0.2, 0.25) is 0 Å². The molecule has 2 aromatic carbocycles. The lowest BCUT2D eigenvalue weighted by Crippen LogP contribution is -2.32. The van der Waals surface area contributed by atoms with E-state index in [0.29, 0.717) is 22.1 Å². The van der Waals surface area contributed by atoms with E-state index in [-0.39, 0.29) is 18.0 Å². The van der Waals surface area contributed by atoms with Crippen molar-refractivity contribution in [2.45, 2.75) is 45.2 Å². The topological polar surface area (TPSA) is 112 Å². The number of likely N-dealkylation sites (N-methyl/N-ethyl adjacent to an activating group) is 1. The highest BCUT2D eigenvalue weighted by atomic mass is 32.1. The van der Waals surface area contributed by atoms with Gasteiger partial charge in [0.1, 0.15) is 0 Å². The average molecular weight is 493 g/mol. The van der Waals surface area contributed by atoms with Crippen molar-refractivity contribution in [3.05, 3.63) is 70.2 Å². The van der Waals surface area contributed by atoms with Crippen LogP contribution >= 0.6 is 11.3 Å². The first-order chi connectivity index (χ1) is 16.9. The fourth-order valence-electron chi connectivity index (χ4n) is 4.06. The summed E-state index contributed by atoms with van der Waals surface area (Å²) in [6.07, 6.45) is 3.62. The fourth-order valence-corrected chi connectivity index (χ4v) is 5.15. The van der Waals surface area contributed by atoms with Crippen molar-refractivity contribution in [3.63, 3.8) is 0 Å². The number of benzene rings is 2. The molecule has 2 heterocycles. The van der Waals surface area contributed by atoms with Crippen LogP contribution in [0, 0.1) is 0 Å². The van der Waals surface area contributed by atoms with E-state index in [4.69, 9.17) is 5.73 Å². The summed E-state index contributed by atoms with van der Waals surface area (Å²) in [7, 11) is 2.09. The van der Waals surface area contributed by atoms with E-state index in [2.05, 4.69) is 39.8 Å². The Labute approximate surface area is 209 Å². The van der Waals surface area contributed by atoms with Gasteiger partial charge in [0.2, 0.25) is 0 Å². The van der Waals surface area contributed by atoms with E-state index in [1.807, 2.05) is 18.2 Å². The summed E-state index contributed by atoms with van der Waals surface area (Å²) in [5, 5.41) is 9.49. The van der Waals surface area contributed by atoms with E-state index in [9.17, 15) is 9.59 Å². The number of anilines is 3. The molecule has 0 spiro atoms. The van der Waals surface area contributed by atoms with Crippen LogP contribution in [-0.2, 0) is 13.0 Å². The lowest BCUT2D eigenvalue weighted by Gasteiger charge is -2.20. The summed E-state index contributed by atoms with van der Waals surface area (Å²) in [6, 6.07) is 13.9. The maximum absolute atomic E-state index is 13.0. The molecule has 1 aliphatic heterocycles. The SMILES string of the molecule is CCCC[C@@H](NC(=O)Nc1ccc(N)cc1)c1cccc(C(=O)Nc2nc3c(s2)CN(C)CC3)c1. The van der Waals surface area contributed by atoms with Crippen LogP contribution in [0.3, 0.4) is 0 Å². The predicted octanol–water partition coefficient (Wildman–Crippen LogP) is 5.02. The maximum atomic E-state index is 13.0. The molecule has 0 bridgehead atoms. The van der Waals surface area contributed by atoms with Crippen molar-refractivity contribution in [2.24, 2.45) is 0 Å². The zero-order valence-corrected chi connectivity index (χ0v) is 21.0. The Balaban J connectivity index is 1.45. The van der Waals surface area contributed by atoms with Crippen molar-refractivity contribution in [3.8, 4) is 0 Å². The number of aromatic nitrogens is 1. The Morgan fingerprint density at radius 1 is 1.17 bits per heavy atom. The first-order valence-electron chi connectivity index (χ1n) is 11.9. The summed E-state index contributed by atoms with van der Waals surface area (Å²) in [5.74, 6) is -0.202. The molecule has 5 N–H and O–H groups in total. The fraction of sp³-hybridized carbons (Fsp3) is 0.346. The minimum Gasteiger partial charge on any atom is -0.399 e. The summed E-state index contributed by atoms with van der Waals surface area (Å²) in [5.41, 5.74) is 9.52. The van der Waals surface area contributed by atoms with Gasteiger partial charge in [0.15, 0.2) is 5.13 Å². The second kappa shape index (κ2) is 11.3. The number of urea groups is 1. The van der Waals surface area contributed by atoms with E-state index in [1.54, 1.807) is 30.3 Å². The number of nitrogen functional groups attached to an aromatic ring is 1. The third kappa shape index (κ3) is 6.58. The number of thiazole rings is 1. The molecule has 0 fully saturated rings. The first-order valence-corrected chi connectivity index (χ1v) is 12.7. The molecule has 3 amide bonds. The van der Waals surface area contributed by atoms with Gasteiger partial charge in [-0.3, -0.25) is 10.1 Å². The van der Waals surface area contributed by atoms with Crippen molar-refractivity contribution in [2.75, 3.05) is 30.0 Å². The molecule has 35 heavy (non-hydrogen) atoms. The Bertz CT molecular complexity index is 1180. The molecule has 0 saturated heterocycles. The average Bonchev–Trinajstić information content (AvgIpc) is 3.24. The van der Waals surface area contributed by atoms with Gasteiger partial charge in [-0.25, -0.2) is 9.78 Å². The molecule has 184 valence electrons. The number of carbonyl (C=O) groups is 2. The van der Waals surface area contributed by atoms with Crippen molar-refractivity contribution in [1.82, 2.24) is 15.2 Å². The molecule has 0 unspecified atom stereocenters. The summed E-state index contributed by atoms with van der Waals surface area (Å²) in [4.78, 5) is 33.8. The molecule has 1 atom stereocenters. The molecule has 3 aromatic rings. The molecule has 1 aliphatic rings. The molecular formula is C26H32N6O2S. The summed E-state index contributed by atoms with van der Waals surface area (Å²) < 4.78 is 0. The third-order valence-electron chi connectivity index (χ3n) is 6.01. The number of amides is 3. The Morgan fingerprint density at radius 3 is 2.74 bits per heavy atom. The van der Waals surface area contributed by atoms with Gasteiger partial charge in [-0.1, -0.05) is 31.9 Å². The van der Waals surface area contributed by atoms with Crippen LogP contribution in [-0.4, -0.2) is 35.4 Å². The highest BCUT2D eigenvalue weighted by Gasteiger charge is 2.20. The zero-order chi connectivity index (χ0) is 24.8. The Kier molecular flexibility index (Phi) is 7.99. The second-order valence-corrected chi connectivity index (χ2v) is 9.96. The number of fused-ring (bicyclic) bond motifs is 1. The summed E-state index contributed by atoms with van der Waals surface area (Å²) >= 11 is 1.54. The second-order valence-electron chi connectivity index (χ2n) is 8.87. The number of rotatable bonds is 8. The number of hydrogen-bond donors (Lipinski definition) is 4. The molecule has 0 saturated carbocycles. The molecule has 0 radical (unpaired) electrons. The van der Waals surface area contributed by atoms with Gasteiger partial charge in [0.25, 0.3) is 5.91 Å². The van der Waals surface area contributed by atoms with Crippen LogP contribution in [0.1, 0.15) is 58.7 Å². The normalized spacial score (nSPS) is 14.1. The number of nitrogens with zero attached hydrogens (tertiary/aromatic N) is 2. The molecule has 1 aromatic heterocycles. The van der Waals surface area contributed by atoms with Crippen molar-refractivity contribution in [1.29, 1.82) is 0 Å². The molecular weight excluding hydrogens is 460 g/mol. The summed E-state index contributed by atoms with van der Waals surface area (Å²) in [6.45, 7) is 3.95. The van der Waals surface area contributed by atoms with E-state index in [0.717, 1.165) is 50.0 Å². The van der Waals surface area contributed by atoms with Gasteiger partial charge in [0.05, 0.1) is 11.7 Å². The smallest absolute Gasteiger partial charge is 0.319 e. The van der Waals surface area contributed by atoms with E-state index >= 15 is 0 Å². The number of hydrogen-bond acceptors (Lipinski definition) is 6. The van der Waals surface area contributed by atoms with Crippen LogP contribution < -0.4 is 21.7 Å². The Hall–Kier alpha value is -3.43. The molecule has 9 heteroatoms. The highest BCUT2D eigenvalue weighted by molar-refractivity contribution is 7.15. The van der Waals surface area contributed by atoms with Gasteiger partial charge in [-0.2, -0.15) is 0 Å². The standard InChI is InChI=1S/C26H32N6O2S/c1-3-4-8-21(29-25(34)28-20-11-9-19(27)10-12-20)17-6-5-7-18(15-17)24(33)31-26-30-22-13-14-32(2)16-23(22)35-26/h5-7,9-12,15,21H,3-4,8,13-14,16,27H2,1-2H3,(H2,28,29,34)(H,30,31,33)/t21-/m1/s1. The van der Waals surface area contributed by atoms with E-state index < -0.39 is 0 Å². The maximum Gasteiger partial charge on any atom is 0.319 e. The highest BCUT2D eigenvalue weighted by Crippen LogP contribution is 2.28. The van der Waals surface area contributed by atoms with Crippen molar-refractivity contribution >= 4 is 39.8 Å². The number of unbranched alkanes of at least 4 members (excludes halogenated alkanes) is 1. The zero-order valence-electron chi connectivity index (χ0n) is 20.1. The predicted molar refractivity (Wildman–Crippen MR) is 142 cm³/mol. The monoisotopic (exact) mass is 492 g/mol. The van der Waals surface area contributed by atoms with Gasteiger partial charge in [-0.05, 0) is 55.4 Å². The largest absolute Gasteiger partial charge is 0.399 e. The van der Waals surface area contributed by atoms with E-state index in [1.165, 1.54) is 16.2 Å². The number of carbonyl (C=O) groups excluding carboxylic acids is 2. The van der Waals surface area contributed by atoms with Crippen LogP contribution in [0.4, 0.5) is 21.3 Å². The van der Waals surface area contributed by atoms with Crippen LogP contribution in [0.5, 0.6) is 0 Å². The van der Waals surface area contributed by atoms with Gasteiger partial charge in [-0.15, -0.1) is 11.3 Å². The van der Waals surface area contributed by atoms with Gasteiger partial charge in [0, 0.05) is 41.3 Å². The quantitative estimate of drug-likeness (QED) is 0.330.